The second-order valence-electron chi connectivity index (χ2n) is 7.05. The van der Waals surface area contributed by atoms with E-state index in [1.807, 2.05) is 0 Å². The van der Waals surface area contributed by atoms with E-state index in [2.05, 4.69) is 0 Å². The molecule has 0 amide bonds. The molecule has 5 N–H and O–H groups in total. The number of esters is 1. The maximum absolute atomic E-state index is 12.5. The highest BCUT2D eigenvalue weighted by Crippen LogP contribution is 2.59. The lowest BCUT2D eigenvalue weighted by Crippen LogP contribution is -2.28. The van der Waals surface area contributed by atoms with Crippen molar-refractivity contribution in [2.24, 2.45) is 0 Å². The topological polar surface area (TPSA) is 189 Å². The van der Waals surface area contributed by atoms with Crippen LogP contribution in [0.3, 0.4) is 0 Å². The molecule has 0 heterocycles. The van der Waals surface area contributed by atoms with Crippen molar-refractivity contribution in [3.05, 3.63) is 62.5 Å². The first-order chi connectivity index (χ1) is 16.1. The van der Waals surface area contributed by atoms with E-state index in [4.69, 9.17) is 14.2 Å². The van der Waals surface area contributed by atoms with Crippen molar-refractivity contribution >= 4 is 11.5 Å². The fraction of sp³-hybridized carbons (Fsp3) is 0.227. The van der Waals surface area contributed by atoms with Gasteiger partial charge in [0, 0.05) is 29.8 Å². The Hall–Kier alpha value is -4.61. The summed E-state index contributed by atoms with van der Waals surface area (Å²) in [6, 6.07) is 4.35. The third kappa shape index (κ3) is 3.85. The van der Waals surface area contributed by atoms with Crippen molar-refractivity contribution in [3.63, 3.8) is 0 Å². The molecule has 2 aromatic carbocycles. The van der Waals surface area contributed by atoms with Crippen LogP contribution in [0.15, 0.2) is 41.3 Å². The minimum atomic E-state index is -1.58. The number of allylic oxidation sites excluding steroid dienone is 2. The minimum Gasteiger partial charge on any atom is -0.511 e. The lowest BCUT2D eigenvalue weighted by molar-refractivity contribution is -0.422. The number of benzene rings is 2. The Labute approximate surface area is 192 Å². The molecule has 12 heteroatoms. The van der Waals surface area contributed by atoms with Crippen LogP contribution in [0.2, 0.25) is 0 Å². The lowest BCUT2D eigenvalue weighted by atomic mass is 9.69. The van der Waals surface area contributed by atoms with Gasteiger partial charge in [-0.25, -0.2) is 4.79 Å². The number of aromatic hydroxyl groups is 4. The third-order valence-corrected chi connectivity index (χ3v) is 5.18. The Balaban J connectivity index is 2.40. The number of ether oxygens (including phenoxy) is 3. The lowest BCUT2D eigenvalue weighted by Gasteiger charge is -2.34. The molecule has 34 heavy (non-hydrogen) atoms. The van der Waals surface area contributed by atoms with Crippen LogP contribution in [0.25, 0.3) is 5.57 Å². The molecule has 0 saturated carbocycles. The number of carbonyl (C=O) groups excluding carboxylic acids is 1. The predicted molar refractivity (Wildman–Crippen MR) is 116 cm³/mol. The van der Waals surface area contributed by atoms with E-state index in [0.717, 1.165) is 24.3 Å². The molecule has 0 bridgehead atoms. The number of nitrogens with zero attached hydrogens (tertiary/aromatic N) is 1. The van der Waals surface area contributed by atoms with E-state index >= 15 is 0 Å². The van der Waals surface area contributed by atoms with Crippen molar-refractivity contribution in [1.29, 1.82) is 0 Å². The molecule has 1 atom stereocenters. The normalized spacial score (nSPS) is 16.5. The summed E-state index contributed by atoms with van der Waals surface area (Å²) < 4.78 is 14.7. The highest BCUT2D eigenvalue weighted by molar-refractivity contribution is 6.02. The molecule has 180 valence electrons. The molecule has 3 rings (SSSR count). The van der Waals surface area contributed by atoms with E-state index in [9.17, 15) is 40.4 Å². The van der Waals surface area contributed by atoms with Crippen molar-refractivity contribution in [2.75, 3.05) is 20.8 Å². The monoisotopic (exact) mass is 475 g/mol. The second kappa shape index (κ2) is 9.10. The molecule has 12 nitrogen and oxygen atoms in total. The molecule has 1 aliphatic carbocycles. The van der Waals surface area contributed by atoms with Crippen LogP contribution >= 0.6 is 0 Å². The summed E-state index contributed by atoms with van der Waals surface area (Å²) in [4.78, 5) is 23.4. The number of aliphatic hydroxyl groups excluding tert-OH is 1. The quantitative estimate of drug-likeness (QED) is 0.171. The van der Waals surface area contributed by atoms with Crippen LogP contribution in [0, 0.1) is 10.1 Å². The molecular weight excluding hydrogens is 454 g/mol. The molecule has 0 saturated heterocycles. The van der Waals surface area contributed by atoms with Gasteiger partial charge in [-0.15, -0.1) is 0 Å². The molecule has 0 aliphatic heterocycles. The summed E-state index contributed by atoms with van der Waals surface area (Å²) in [5, 5.41) is 64.7. The maximum atomic E-state index is 12.5. The van der Waals surface area contributed by atoms with Crippen molar-refractivity contribution in [3.8, 4) is 34.5 Å². The van der Waals surface area contributed by atoms with Gasteiger partial charge < -0.3 is 39.7 Å². The summed E-state index contributed by atoms with van der Waals surface area (Å²) >= 11 is 0. The van der Waals surface area contributed by atoms with Gasteiger partial charge in [0.05, 0.1) is 48.4 Å². The van der Waals surface area contributed by atoms with Gasteiger partial charge in [0.1, 0.15) is 40.3 Å². The van der Waals surface area contributed by atoms with Gasteiger partial charge in [-0.3, -0.25) is 10.1 Å². The number of rotatable bonds is 7. The van der Waals surface area contributed by atoms with E-state index in [1.54, 1.807) is 0 Å². The minimum absolute atomic E-state index is 0.0468. The van der Waals surface area contributed by atoms with E-state index in [-0.39, 0.29) is 23.7 Å². The molecule has 0 fully saturated rings. The van der Waals surface area contributed by atoms with Gasteiger partial charge in [0.2, 0.25) is 0 Å². The summed E-state index contributed by atoms with van der Waals surface area (Å²) in [5.41, 5.74) is -2.87. The predicted octanol–water partition coefficient (Wildman–Crippen LogP) is 2.69. The SMILES string of the molecule is CCOC(=O)/C(=C1\C(c2c(O)cc(OC)cc2O)=C(O)C1c1c(O)cc(OC)cc1O)[N+](=O)[O-]. The Morgan fingerprint density at radius 3 is 1.82 bits per heavy atom. The van der Waals surface area contributed by atoms with Crippen LogP contribution in [-0.2, 0) is 9.53 Å². The Bertz CT molecular complexity index is 1200. The van der Waals surface area contributed by atoms with Crippen molar-refractivity contribution < 1.29 is 49.5 Å². The largest absolute Gasteiger partial charge is 0.511 e. The first kappa shape index (κ1) is 24.0. The van der Waals surface area contributed by atoms with Gasteiger partial charge >= 0.3 is 11.7 Å². The van der Waals surface area contributed by atoms with E-state index in [0.29, 0.717) is 0 Å². The van der Waals surface area contributed by atoms with E-state index < -0.39 is 68.0 Å². The first-order valence-corrected chi connectivity index (χ1v) is 9.76. The number of aliphatic hydroxyl groups is 1. The first-order valence-electron chi connectivity index (χ1n) is 9.76. The van der Waals surface area contributed by atoms with Crippen molar-refractivity contribution in [1.82, 2.24) is 0 Å². The maximum Gasteiger partial charge on any atom is 0.410 e. The molecule has 1 aliphatic rings. The summed E-state index contributed by atoms with van der Waals surface area (Å²) in [7, 11) is 2.55. The number of methoxy groups -OCH3 is 2. The highest BCUT2D eigenvalue weighted by Gasteiger charge is 2.50. The molecule has 2 aromatic rings. The summed E-state index contributed by atoms with van der Waals surface area (Å²) in [6.45, 7) is 1.21. The third-order valence-electron chi connectivity index (χ3n) is 5.18. The van der Waals surface area contributed by atoms with E-state index in [1.165, 1.54) is 21.1 Å². The number of phenols is 4. The van der Waals surface area contributed by atoms with Crippen LogP contribution in [-0.4, -0.2) is 57.3 Å². The van der Waals surface area contributed by atoms with Gasteiger partial charge in [0.25, 0.3) is 0 Å². The van der Waals surface area contributed by atoms with Crippen LogP contribution in [0.5, 0.6) is 34.5 Å². The van der Waals surface area contributed by atoms with Crippen LogP contribution < -0.4 is 9.47 Å². The fourth-order valence-electron chi connectivity index (χ4n) is 3.74. The summed E-state index contributed by atoms with van der Waals surface area (Å²) in [6.07, 6.45) is 0. The zero-order valence-electron chi connectivity index (χ0n) is 18.2. The number of phenolic OH excluding ortho intramolecular Hbond substituents is 4. The average Bonchev–Trinajstić information content (AvgIpc) is 2.77. The summed E-state index contributed by atoms with van der Waals surface area (Å²) in [5.74, 6) is -5.95. The van der Waals surface area contributed by atoms with Gasteiger partial charge in [-0.1, -0.05) is 0 Å². The Morgan fingerprint density at radius 1 is 0.941 bits per heavy atom. The fourth-order valence-corrected chi connectivity index (χ4v) is 3.74. The van der Waals surface area contributed by atoms with Crippen LogP contribution in [0.4, 0.5) is 0 Å². The molecular formula is C22H21NO11. The van der Waals surface area contributed by atoms with Crippen molar-refractivity contribution in [2.45, 2.75) is 12.8 Å². The number of hydrogen-bond donors (Lipinski definition) is 5. The number of hydrogen-bond acceptors (Lipinski definition) is 11. The zero-order valence-corrected chi connectivity index (χ0v) is 18.2. The van der Waals surface area contributed by atoms with Crippen LogP contribution in [0.1, 0.15) is 24.0 Å². The van der Waals surface area contributed by atoms with Gasteiger partial charge in [-0.2, -0.15) is 0 Å². The second-order valence-corrected chi connectivity index (χ2v) is 7.05. The smallest absolute Gasteiger partial charge is 0.410 e. The Morgan fingerprint density at radius 2 is 1.41 bits per heavy atom. The number of carbonyl (C=O) groups is 1. The molecule has 0 aromatic heterocycles. The molecule has 0 radical (unpaired) electrons. The average molecular weight is 475 g/mol. The number of nitro groups is 1. The van der Waals surface area contributed by atoms with Gasteiger partial charge in [0.15, 0.2) is 0 Å². The zero-order chi connectivity index (χ0) is 25.3. The Kier molecular flexibility index (Phi) is 6.43. The highest BCUT2D eigenvalue weighted by atomic mass is 16.6. The standard InChI is InChI=1S/C22H21NO11/c1-4-34-22(29)20(23(30)31)17-18(15-11(24)5-9(32-2)6-12(15)25)21(28)19(17)16-13(26)7-10(33-3)8-14(16)27/h5-8,18,24-28H,4H2,1-3H3/b20-17+. The molecule has 1 unspecified atom stereocenters. The van der Waals surface area contributed by atoms with Gasteiger partial charge in [-0.05, 0) is 6.92 Å². The molecule has 0 spiro atoms.